The molecule has 0 fully saturated rings. The van der Waals surface area contributed by atoms with E-state index in [-0.39, 0.29) is 0 Å². The molecule has 2 nitrogen and oxygen atoms in total. The molecule has 0 saturated carbocycles. The number of hydrogen-bond donors (Lipinski definition) is 1. The van der Waals surface area contributed by atoms with Crippen molar-refractivity contribution in [2.75, 3.05) is 11.9 Å². The molecule has 0 saturated heterocycles. The fraction of sp³-hybridized carbons (Fsp3) is 0.333. The van der Waals surface area contributed by atoms with Gasteiger partial charge in [-0.3, -0.25) is 0 Å². The minimum Gasteiger partial charge on any atom is -0.440 e. The molecule has 3 aromatic carbocycles. The van der Waals surface area contributed by atoms with E-state index in [0.717, 1.165) is 18.0 Å². The summed E-state index contributed by atoms with van der Waals surface area (Å²) < 4.78 is 7.64. The zero-order chi connectivity index (χ0) is 20.5. The fourth-order valence-corrected chi connectivity index (χ4v) is 5.59. The lowest BCUT2D eigenvalue weighted by Crippen LogP contribution is -1.99. The number of rotatable bonds is 8. The molecule has 30 heavy (non-hydrogen) atoms. The van der Waals surface area contributed by atoms with E-state index in [1.165, 1.54) is 80.4 Å². The number of aryl methyl sites for hydroxylation is 1. The highest BCUT2D eigenvalue weighted by atomic mass is 32.1. The highest BCUT2D eigenvalue weighted by Gasteiger charge is 2.12. The molecule has 0 bridgehead atoms. The van der Waals surface area contributed by atoms with Crippen LogP contribution in [0.3, 0.4) is 0 Å². The minimum absolute atomic E-state index is 0.885. The summed E-state index contributed by atoms with van der Waals surface area (Å²) in [6, 6.07) is 17.9. The molecule has 5 aromatic rings. The fourth-order valence-electron chi connectivity index (χ4n) is 4.55. The lowest BCUT2D eigenvalue weighted by atomic mass is 9.99. The van der Waals surface area contributed by atoms with E-state index in [1.54, 1.807) is 0 Å². The molecule has 2 aromatic heterocycles. The Kier molecular flexibility index (Phi) is 5.39. The third kappa shape index (κ3) is 3.56. The van der Waals surface area contributed by atoms with E-state index in [4.69, 9.17) is 4.42 Å². The van der Waals surface area contributed by atoms with Crippen molar-refractivity contribution >= 4 is 59.8 Å². The van der Waals surface area contributed by atoms with Crippen LogP contribution in [0.2, 0.25) is 0 Å². The summed E-state index contributed by atoms with van der Waals surface area (Å²) >= 11 is 1.88. The predicted molar refractivity (Wildman–Crippen MR) is 133 cm³/mol. The van der Waals surface area contributed by atoms with Gasteiger partial charge in [0.25, 0.3) is 0 Å². The first-order valence-corrected chi connectivity index (χ1v) is 12.1. The van der Waals surface area contributed by atoms with Crippen molar-refractivity contribution in [1.82, 2.24) is 0 Å². The average molecular weight is 416 g/mol. The molecule has 2 heterocycles. The van der Waals surface area contributed by atoms with Crippen molar-refractivity contribution in [2.45, 2.75) is 52.4 Å². The first kappa shape index (κ1) is 19.4. The lowest BCUT2D eigenvalue weighted by molar-refractivity contribution is 0.602. The number of nitrogens with one attached hydrogen (secondary N) is 1. The Morgan fingerprint density at radius 3 is 2.33 bits per heavy atom. The van der Waals surface area contributed by atoms with Crippen LogP contribution >= 0.6 is 11.3 Å². The summed E-state index contributed by atoms with van der Waals surface area (Å²) in [4.78, 5) is 1.36. The monoisotopic (exact) mass is 415 g/mol. The molecule has 1 N–H and O–H groups in total. The van der Waals surface area contributed by atoms with Crippen molar-refractivity contribution in [3.8, 4) is 0 Å². The smallest absolute Gasteiger partial charge is 0.194 e. The topological polar surface area (TPSA) is 25.2 Å². The van der Waals surface area contributed by atoms with Crippen LogP contribution < -0.4 is 5.32 Å². The van der Waals surface area contributed by atoms with E-state index in [2.05, 4.69) is 67.7 Å². The second-order valence-electron chi connectivity index (χ2n) is 8.39. The molecular weight excluding hydrogens is 386 g/mol. The third-order valence-electron chi connectivity index (χ3n) is 6.11. The molecule has 0 atom stereocenters. The molecule has 154 valence electrons. The second-order valence-corrected chi connectivity index (χ2v) is 9.64. The first-order valence-electron chi connectivity index (χ1n) is 11.3. The van der Waals surface area contributed by atoms with Crippen LogP contribution in [0.5, 0.6) is 0 Å². The summed E-state index contributed by atoms with van der Waals surface area (Å²) in [6.45, 7) is 5.42. The van der Waals surface area contributed by atoms with Crippen molar-refractivity contribution in [3.05, 3.63) is 53.4 Å². The lowest BCUT2D eigenvalue weighted by Gasteiger charge is -2.06. The molecule has 0 aliphatic carbocycles. The standard InChI is InChI=1S/C27H29NOS/c1-3-4-5-6-7-8-15-28-25-17-19-9-11-21-22-12-10-20-16-18(2)30-27(20)24(22)14-13-23(21)26(19)29-25/h9-14,16-17,28H,3-8,15H2,1-2H3. The minimum atomic E-state index is 0.885. The van der Waals surface area contributed by atoms with Crippen molar-refractivity contribution in [1.29, 1.82) is 0 Å². The Morgan fingerprint density at radius 1 is 0.767 bits per heavy atom. The van der Waals surface area contributed by atoms with Gasteiger partial charge in [0.1, 0.15) is 5.58 Å². The van der Waals surface area contributed by atoms with E-state index < -0.39 is 0 Å². The molecule has 0 unspecified atom stereocenters. The van der Waals surface area contributed by atoms with Gasteiger partial charge in [-0.1, -0.05) is 69.4 Å². The predicted octanol–water partition coefficient (Wildman–Crippen LogP) is 9.03. The quantitative estimate of drug-likeness (QED) is 0.202. The van der Waals surface area contributed by atoms with Crippen LogP contribution in [0, 0.1) is 6.92 Å². The molecule has 0 aliphatic heterocycles. The van der Waals surface area contributed by atoms with Gasteiger partial charge >= 0.3 is 0 Å². The number of furan rings is 1. The average Bonchev–Trinajstić information content (AvgIpc) is 3.35. The molecule has 0 amide bonds. The van der Waals surface area contributed by atoms with Crippen molar-refractivity contribution in [3.63, 3.8) is 0 Å². The molecule has 0 radical (unpaired) electrons. The van der Waals surface area contributed by atoms with Crippen LogP contribution in [0.15, 0.2) is 52.9 Å². The van der Waals surface area contributed by atoms with E-state index >= 15 is 0 Å². The van der Waals surface area contributed by atoms with Gasteiger partial charge in [0.05, 0.1) is 0 Å². The Bertz CT molecular complexity index is 1330. The molecular formula is C27H29NOS. The Balaban J connectivity index is 1.43. The molecule has 0 aliphatic rings. The Hall–Kier alpha value is -2.52. The number of benzene rings is 3. The number of anilines is 1. The van der Waals surface area contributed by atoms with Crippen LogP contribution in [0.4, 0.5) is 5.88 Å². The maximum absolute atomic E-state index is 6.26. The highest BCUT2D eigenvalue weighted by Crippen LogP contribution is 2.38. The maximum Gasteiger partial charge on any atom is 0.194 e. The Labute approximate surface area is 181 Å². The van der Waals surface area contributed by atoms with Gasteiger partial charge in [-0.25, -0.2) is 0 Å². The van der Waals surface area contributed by atoms with Gasteiger partial charge in [0, 0.05) is 38.3 Å². The van der Waals surface area contributed by atoms with Crippen LogP contribution in [0.25, 0.3) is 42.6 Å². The van der Waals surface area contributed by atoms with Gasteiger partial charge in [-0.05, 0) is 41.6 Å². The van der Waals surface area contributed by atoms with Crippen LogP contribution in [-0.2, 0) is 0 Å². The normalized spacial score (nSPS) is 11.9. The van der Waals surface area contributed by atoms with Crippen molar-refractivity contribution < 1.29 is 4.42 Å². The van der Waals surface area contributed by atoms with Gasteiger partial charge in [0.2, 0.25) is 0 Å². The third-order valence-corrected chi connectivity index (χ3v) is 7.21. The number of thiophene rings is 1. The van der Waals surface area contributed by atoms with E-state index in [0.29, 0.717) is 0 Å². The summed E-state index contributed by atoms with van der Waals surface area (Å²) in [5, 5.41) is 11.1. The summed E-state index contributed by atoms with van der Waals surface area (Å²) in [5.74, 6) is 0.885. The maximum atomic E-state index is 6.26. The SMILES string of the molecule is CCCCCCCCNc1cc2ccc3c4ccc5cc(C)sc5c4ccc3c2o1. The summed E-state index contributed by atoms with van der Waals surface area (Å²) in [7, 11) is 0. The second kappa shape index (κ2) is 8.31. The van der Waals surface area contributed by atoms with Crippen LogP contribution in [-0.4, -0.2) is 6.54 Å². The van der Waals surface area contributed by atoms with Gasteiger partial charge in [-0.15, -0.1) is 11.3 Å². The van der Waals surface area contributed by atoms with Gasteiger partial charge in [0.15, 0.2) is 5.88 Å². The summed E-state index contributed by atoms with van der Waals surface area (Å²) in [5.41, 5.74) is 0.988. The zero-order valence-electron chi connectivity index (χ0n) is 17.9. The van der Waals surface area contributed by atoms with E-state index in [9.17, 15) is 0 Å². The zero-order valence-corrected chi connectivity index (χ0v) is 18.7. The first-order chi connectivity index (χ1) is 14.7. The Morgan fingerprint density at radius 2 is 1.47 bits per heavy atom. The molecule has 3 heteroatoms. The van der Waals surface area contributed by atoms with Gasteiger partial charge in [-0.2, -0.15) is 0 Å². The van der Waals surface area contributed by atoms with E-state index in [1.807, 2.05) is 11.3 Å². The largest absolute Gasteiger partial charge is 0.440 e. The number of fused-ring (bicyclic) bond motifs is 7. The number of unbranched alkanes of at least 4 members (excludes halogenated alkanes) is 5. The molecule has 5 rings (SSSR count). The molecule has 0 spiro atoms. The van der Waals surface area contributed by atoms with Gasteiger partial charge < -0.3 is 9.73 Å². The van der Waals surface area contributed by atoms with Crippen LogP contribution in [0.1, 0.15) is 50.3 Å². The highest BCUT2D eigenvalue weighted by molar-refractivity contribution is 7.20. The summed E-state index contributed by atoms with van der Waals surface area (Å²) in [6.07, 6.45) is 7.85. The van der Waals surface area contributed by atoms with Crippen molar-refractivity contribution in [2.24, 2.45) is 0 Å². The number of hydrogen-bond acceptors (Lipinski definition) is 3.